The summed E-state index contributed by atoms with van der Waals surface area (Å²) in [7, 11) is 0. The predicted octanol–water partition coefficient (Wildman–Crippen LogP) is 2.34. The van der Waals surface area contributed by atoms with Gasteiger partial charge >= 0.3 is 0 Å². The van der Waals surface area contributed by atoms with Crippen LogP contribution in [0, 0.1) is 22.7 Å². The van der Waals surface area contributed by atoms with E-state index in [2.05, 4.69) is 52.2 Å². The first-order chi connectivity index (χ1) is 9.00. The third-order valence-corrected chi connectivity index (χ3v) is 4.40. The minimum Gasteiger partial charge on any atom is -0.356 e. The third kappa shape index (κ3) is 5.14. The van der Waals surface area contributed by atoms with Crippen molar-refractivity contribution in [2.75, 3.05) is 13.1 Å². The highest BCUT2D eigenvalue weighted by Crippen LogP contribution is 2.31. The van der Waals surface area contributed by atoms with Crippen LogP contribution in [-0.2, 0) is 9.59 Å². The molecule has 0 spiro atoms. The molecule has 2 fully saturated rings. The highest BCUT2D eigenvalue weighted by atomic mass is 16.2. The van der Waals surface area contributed by atoms with Crippen molar-refractivity contribution in [3.63, 3.8) is 0 Å². The monoisotopic (exact) mass is 282 g/mol. The van der Waals surface area contributed by atoms with E-state index >= 15 is 0 Å². The van der Waals surface area contributed by atoms with Crippen LogP contribution in [0.3, 0.4) is 0 Å². The SMILES string of the molecule is CC(C)(C)[C@H]1CNC(=O)C1.CC(C)(C)[C@H]1CNC(=O)C1. The fourth-order valence-electron chi connectivity index (χ4n) is 2.44. The fraction of sp³-hybridized carbons (Fsp3) is 0.875. The topological polar surface area (TPSA) is 58.2 Å². The maximum atomic E-state index is 10.8. The first-order valence-corrected chi connectivity index (χ1v) is 7.53. The van der Waals surface area contributed by atoms with Crippen LogP contribution in [0.5, 0.6) is 0 Å². The number of amides is 2. The molecule has 2 saturated heterocycles. The summed E-state index contributed by atoms with van der Waals surface area (Å²) < 4.78 is 0. The van der Waals surface area contributed by atoms with Crippen LogP contribution in [-0.4, -0.2) is 24.9 Å². The van der Waals surface area contributed by atoms with E-state index in [0.717, 1.165) is 13.1 Å². The molecule has 0 saturated carbocycles. The van der Waals surface area contributed by atoms with Crippen LogP contribution < -0.4 is 10.6 Å². The Morgan fingerprint density at radius 1 is 0.750 bits per heavy atom. The molecule has 0 unspecified atom stereocenters. The molecule has 4 heteroatoms. The molecule has 2 amide bonds. The van der Waals surface area contributed by atoms with Gasteiger partial charge in [0.05, 0.1) is 0 Å². The highest BCUT2D eigenvalue weighted by Gasteiger charge is 2.32. The van der Waals surface area contributed by atoms with E-state index in [1.165, 1.54) is 0 Å². The largest absolute Gasteiger partial charge is 0.356 e. The van der Waals surface area contributed by atoms with E-state index in [-0.39, 0.29) is 22.6 Å². The zero-order valence-corrected chi connectivity index (χ0v) is 13.8. The lowest BCUT2D eigenvalue weighted by molar-refractivity contribution is -0.120. The number of nitrogens with one attached hydrogen (secondary N) is 2. The van der Waals surface area contributed by atoms with Crippen LogP contribution in [0.2, 0.25) is 0 Å². The summed E-state index contributed by atoms with van der Waals surface area (Å²) in [5.74, 6) is 1.47. The molecule has 4 nitrogen and oxygen atoms in total. The fourth-order valence-corrected chi connectivity index (χ4v) is 2.44. The van der Waals surface area contributed by atoms with Gasteiger partial charge in [0.25, 0.3) is 0 Å². The van der Waals surface area contributed by atoms with Crippen molar-refractivity contribution < 1.29 is 9.59 Å². The predicted molar refractivity (Wildman–Crippen MR) is 81.1 cm³/mol. The Labute approximate surface area is 123 Å². The van der Waals surface area contributed by atoms with Crippen LogP contribution in [0.15, 0.2) is 0 Å². The Kier molecular flexibility index (Phi) is 5.22. The summed E-state index contributed by atoms with van der Waals surface area (Å²) in [5.41, 5.74) is 0.554. The Hall–Kier alpha value is -1.06. The van der Waals surface area contributed by atoms with E-state index in [0.29, 0.717) is 24.7 Å². The molecule has 2 atom stereocenters. The molecular weight excluding hydrogens is 252 g/mol. The van der Waals surface area contributed by atoms with Crippen molar-refractivity contribution >= 4 is 11.8 Å². The summed E-state index contributed by atoms with van der Waals surface area (Å²) in [6, 6.07) is 0. The zero-order valence-electron chi connectivity index (χ0n) is 13.8. The Morgan fingerprint density at radius 3 is 1.15 bits per heavy atom. The van der Waals surface area contributed by atoms with Gasteiger partial charge in [0.2, 0.25) is 11.8 Å². The second-order valence-electron chi connectivity index (χ2n) is 8.14. The van der Waals surface area contributed by atoms with Gasteiger partial charge in [-0.05, 0) is 22.7 Å². The lowest BCUT2D eigenvalue weighted by Gasteiger charge is -2.24. The van der Waals surface area contributed by atoms with E-state index in [4.69, 9.17) is 0 Å². The molecule has 2 rings (SSSR count). The quantitative estimate of drug-likeness (QED) is 0.716. The molecule has 2 aliphatic rings. The standard InChI is InChI=1S/2C8H15NO/c2*1-8(2,3)6-4-7(10)9-5-6/h2*6H,4-5H2,1-3H3,(H,9,10)/t2*6-/m11/s1. The molecule has 2 N–H and O–H groups in total. The molecule has 2 heterocycles. The van der Waals surface area contributed by atoms with Gasteiger partial charge in [-0.1, -0.05) is 41.5 Å². The zero-order chi connectivity index (χ0) is 15.6. The van der Waals surface area contributed by atoms with E-state index in [1.807, 2.05) is 0 Å². The molecule has 2 aliphatic heterocycles. The molecular formula is C16H30N2O2. The van der Waals surface area contributed by atoms with Gasteiger partial charge in [-0.25, -0.2) is 0 Å². The van der Waals surface area contributed by atoms with Crippen molar-refractivity contribution in [1.29, 1.82) is 0 Å². The Morgan fingerprint density at radius 2 is 1.05 bits per heavy atom. The van der Waals surface area contributed by atoms with E-state index in [9.17, 15) is 9.59 Å². The first-order valence-electron chi connectivity index (χ1n) is 7.53. The van der Waals surface area contributed by atoms with E-state index in [1.54, 1.807) is 0 Å². The number of hydrogen-bond donors (Lipinski definition) is 2. The average Bonchev–Trinajstić information content (AvgIpc) is 2.85. The maximum absolute atomic E-state index is 10.8. The molecule has 0 aromatic heterocycles. The molecule has 20 heavy (non-hydrogen) atoms. The van der Waals surface area contributed by atoms with Crippen LogP contribution >= 0.6 is 0 Å². The number of rotatable bonds is 0. The lowest BCUT2D eigenvalue weighted by Crippen LogP contribution is -2.22. The molecule has 0 aromatic rings. The maximum Gasteiger partial charge on any atom is 0.220 e. The van der Waals surface area contributed by atoms with Gasteiger partial charge in [-0.3, -0.25) is 9.59 Å². The van der Waals surface area contributed by atoms with Crippen molar-refractivity contribution in [1.82, 2.24) is 10.6 Å². The lowest BCUT2D eigenvalue weighted by atomic mass is 9.80. The number of carbonyl (C=O) groups excluding carboxylic acids is 2. The van der Waals surface area contributed by atoms with Gasteiger partial charge in [-0.2, -0.15) is 0 Å². The van der Waals surface area contributed by atoms with Gasteiger partial charge in [-0.15, -0.1) is 0 Å². The number of hydrogen-bond acceptors (Lipinski definition) is 2. The van der Waals surface area contributed by atoms with Gasteiger partial charge in [0, 0.05) is 25.9 Å². The smallest absolute Gasteiger partial charge is 0.220 e. The van der Waals surface area contributed by atoms with Gasteiger partial charge < -0.3 is 10.6 Å². The average molecular weight is 282 g/mol. The minimum absolute atomic E-state index is 0.208. The normalized spacial score (nSPS) is 26.7. The number of carbonyl (C=O) groups is 2. The summed E-state index contributed by atoms with van der Waals surface area (Å²) >= 11 is 0. The molecule has 0 bridgehead atoms. The minimum atomic E-state index is 0.208. The Balaban J connectivity index is 0.000000200. The molecule has 0 aliphatic carbocycles. The molecule has 0 aromatic carbocycles. The second kappa shape index (κ2) is 6.15. The highest BCUT2D eigenvalue weighted by molar-refractivity contribution is 5.78. The Bertz CT molecular complexity index is 328. The van der Waals surface area contributed by atoms with Crippen LogP contribution in [0.1, 0.15) is 54.4 Å². The van der Waals surface area contributed by atoms with Crippen LogP contribution in [0.4, 0.5) is 0 Å². The summed E-state index contributed by atoms with van der Waals surface area (Å²) in [4.78, 5) is 21.6. The summed E-state index contributed by atoms with van der Waals surface area (Å²) in [6.07, 6.45) is 1.42. The third-order valence-electron chi connectivity index (χ3n) is 4.40. The van der Waals surface area contributed by atoms with E-state index < -0.39 is 0 Å². The van der Waals surface area contributed by atoms with Crippen molar-refractivity contribution in [3.05, 3.63) is 0 Å². The summed E-state index contributed by atoms with van der Waals surface area (Å²) in [5, 5.41) is 5.67. The summed E-state index contributed by atoms with van der Waals surface area (Å²) in [6.45, 7) is 14.8. The molecule has 0 radical (unpaired) electrons. The van der Waals surface area contributed by atoms with Crippen molar-refractivity contribution in [2.45, 2.75) is 54.4 Å². The molecule has 116 valence electrons. The van der Waals surface area contributed by atoms with Gasteiger partial charge in [0.1, 0.15) is 0 Å². The van der Waals surface area contributed by atoms with Crippen LogP contribution in [0.25, 0.3) is 0 Å². The van der Waals surface area contributed by atoms with Crippen molar-refractivity contribution in [3.8, 4) is 0 Å². The van der Waals surface area contributed by atoms with Crippen molar-refractivity contribution in [2.24, 2.45) is 22.7 Å². The second-order valence-corrected chi connectivity index (χ2v) is 8.14. The van der Waals surface area contributed by atoms with Gasteiger partial charge in [0.15, 0.2) is 0 Å². The first kappa shape index (κ1) is 17.0.